The Hall–Kier alpha value is -0.120. The molecule has 17 heavy (non-hydrogen) atoms. The first-order valence-electron chi connectivity index (χ1n) is 7.03. The van der Waals surface area contributed by atoms with Crippen LogP contribution in [0.3, 0.4) is 0 Å². The first-order valence-corrected chi connectivity index (χ1v) is 7.03. The Bertz CT molecular complexity index is 222. The lowest BCUT2D eigenvalue weighted by molar-refractivity contribution is 0.0509. The van der Waals surface area contributed by atoms with Gasteiger partial charge in [0.15, 0.2) is 0 Å². The van der Waals surface area contributed by atoms with Gasteiger partial charge in [0, 0.05) is 25.0 Å². The van der Waals surface area contributed by atoms with Crippen molar-refractivity contribution >= 4 is 0 Å². The zero-order chi connectivity index (χ0) is 13.0. The normalized spacial score (nSPS) is 35.5. The van der Waals surface area contributed by atoms with Crippen LogP contribution in [-0.4, -0.2) is 49.8 Å². The number of likely N-dealkylation sites (N-methyl/N-ethyl adjacent to an activating group) is 1. The summed E-state index contributed by atoms with van der Waals surface area (Å²) in [7, 11) is 2.17. The number of nitrogens with zero attached hydrogens (tertiary/aromatic N) is 1. The number of nitrogens with one attached hydrogen (secondary N) is 1. The van der Waals surface area contributed by atoms with Gasteiger partial charge in [0.1, 0.15) is 0 Å². The molecule has 5 unspecified atom stereocenters. The molecule has 0 radical (unpaired) electrons. The Labute approximate surface area is 107 Å². The standard InChI is InChI=1S/C14H30N2O/c1-7-16(6)9-10(2)15-8-14-11(3)12(4)17-13(14)5/h10-15H,7-9H2,1-6H3. The second-order valence-electron chi connectivity index (χ2n) is 5.73. The fourth-order valence-corrected chi connectivity index (χ4v) is 2.69. The Kier molecular flexibility index (Phi) is 5.90. The molecule has 0 aromatic rings. The molecule has 0 aromatic carbocycles. The number of rotatable bonds is 6. The molecule has 0 amide bonds. The van der Waals surface area contributed by atoms with Gasteiger partial charge in [-0.1, -0.05) is 13.8 Å². The van der Waals surface area contributed by atoms with Gasteiger partial charge in [-0.05, 0) is 40.3 Å². The van der Waals surface area contributed by atoms with Crippen molar-refractivity contribution in [3.8, 4) is 0 Å². The first-order chi connectivity index (χ1) is 7.95. The maximum atomic E-state index is 5.87. The maximum absolute atomic E-state index is 5.87. The van der Waals surface area contributed by atoms with Crippen LogP contribution in [0.5, 0.6) is 0 Å². The van der Waals surface area contributed by atoms with E-state index >= 15 is 0 Å². The smallest absolute Gasteiger partial charge is 0.0594 e. The molecule has 0 aromatic heterocycles. The van der Waals surface area contributed by atoms with Crippen LogP contribution in [0.2, 0.25) is 0 Å². The number of hydrogen-bond acceptors (Lipinski definition) is 3. The van der Waals surface area contributed by atoms with E-state index < -0.39 is 0 Å². The second-order valence-corrected chi connectivity index (χ2v) is 5.73. The van der Waals surface area contributed by atoms with Crippen LogP contribution in [-0.2, 0) is 4.74 Å². The summed E-state index contributed by atoms with van der Waals surface area (Å²) in [5.74, 6) is 1.31. The van der Waals surface area contributed by atoms with E-state index in [9.17, 15) is 0 Å². The van der Waals surface area contributed by atoms with Gasteiger partial charge in [-0.15, -0.1) is 0 Å². The average molecular weight is 242 g/mol. The van der Waals surface area contributed by atoms with Gasteiger partial charge in [-0.3, -0.25) is 0 Å². The molecule has 102 valence electrons. The highest BCUT2D eigenvalue weighted by atomic mass is 16.5. The van der Waals surface area contributed by atoms with Gasteiger partial charge < -0.3 is 15.0 Å². The molecule has 0 bridgehead atoms. The Balaban J connectivity index is 2.30. The van der Waals surface area contributed by atoms with Crippen molar-refractivity contribution in [2.75, 3.05) is 26.7 Å². The van der Waals surface area contributed by atoms with Crippen molar-refractivity contribution in [1.82, 2.24) is 10.2 Å². The van der Waals surface area contributed by atoms with E-state index in [1.54, 1.807) is 0 Å². The topological polar surface area (TPSA) is 24.5 Å². The molecule has 0 saturated carbocycles. The lowest BCUT2D eigenvalue weighted by Gasteiger charge is -2.25. The third-order valence-electron chi connectivity index (χ3n) is 4.28. The predicted octanol–water partition coefficient (Wildman–Crippen LogP) is 1.98. The van der Waals surface area contributed by atoms with Crippen molar-refractivity contribution in [2.24, 2.45) is 11.8 Å². The monoisotopic (exact) mass is 242 g/mol. The second kappa shape index (κ2) is 6.72. The molecule has 1 heterocycles. The van der Waals surface area contributed by atoms with Gasteiger partial charge in [0.25, 0.3) is 0 Å². The van der Waals surface area contributed by atoms with Crippen molar-refractivity contribution in [3.05, 3.63) is 0 Å². The Morgan fingerprint density at radius 2 is 1.88 bits per heavy atom. The zero-order valence-electron chi connectivity index (χ0n) is 12.4. The molecule has 1 rings (SSSR count). The van der Waals surface area contributed by atoms with Crippen molar-refractivity contribution < 1.29 is 4.74 Å². The minimum absolute atomic E-state index is 0.392. The van der Waals surface area contributed by atoms with E-state index in [1.165, 1.54) is 0 Å². The lowest BCUT2D eigenvalue weighted by atomic mass is 9.89. The fraction of sp³-hybridized carbons (Fsp3) is 1.00. The van der Waals surface area contributed by atoms with Gasteiger partial charge >= 0.3 is 0 Å². The van der Waals surface area contributed by atoms with Crippen LogP contribution in [0.25, 0.3) is 0 Å². The number of hydrogen-bond donors (Lipinski definition) is 1. The maximum Gasteiger partial charge on any atom is 0.0594 e. The summed E-state index contributed by atoms with van der Waals surface area (Å²) in [6.45, 7) is 14.5. The molecule has 1 saturated heterocycles. The Morgan fingerprint density at radius 3 is 2.35 bits per heavy atom. The van der Waals surface area contributed by atoms with Gasteiger partial charge in [0.2, 0.25) is 0 Å². The van der Waals surface area contributed by atoms with Crippen LogP contribution in [0.15, 0.2) is 0 Å². The van der Waals surface area contributed by atoms with Gasteiger partial charge in [-0.25, -0.2) is 0 Å². The summed E-state index contributed by atoms with van der Waals surface area (Å²) < 4.78 is 5.87. The molecule has 3 heteroatoms. The van der Waals surface area contributed by atoms with Crippen molar-refractivity contribution in [2.45, 2.75) is 52.9 Å². The van der Waals surface area contributed by atoms with Crippen LogP contribution in [0, 0.1) is 11.8 Å². The third-order valence-corrected chi connectivity index (χ3v) is 4.28. The highest BCUT2D eigenvalue weighted by Crippen LogP contribution is 2.31. The van der Waals surface area contributed by atoms with Gasteiger partial charge in [0.05, 0.1) is 12.2 Å². The van der Waals surface area contributed by atoms with Crippen LogP contribution < -0.4 is 5.32 Å². The molecular weight excluding hydrogens is 212 g/mol. The average Bonchev–Trinajstić information content (AvgIpc) is 2.51. The summed E-state index contributed by atoms with van der Waals surface area (Å²) >= 11 is 0. The Morgan fingerprint density at radius 1 is 1.24 bits per heavy atom. The molecule has 1 aliphatic heterocycles. The summed E-state index contributed by atoms with van der Waals surface area (Å²) in [6, 6.07) is 0.551. The lowest BCUT2D eigenvalue weighted by Crippen LogP contribution is -2.41. The SMILES string of the molecule is CCN(C)CC(C)NCC1C(C)OC(C)C1C. The summed E-state index contributed by atoms with van der Waals surface area (Å²) in [5.41, 5.74) is 0. The van der Waals surface area contributed by atoms with E-state index in [2.05, 4.69) is 51.9 Å². The quantitative estimate of drug-likeness (QED) is 0.771. The van der Waals surface area contributed by atoms with Crippen molar-refractivity contribution in [1.29, 1.82) is 0 Å². The highest BCUT2D eigenvalue weighted by molar-refractivity contribution is 4.85. The van der Waals surface area contributed by atoms with E-state index in [0.717, 1.165) is 19.6 Å². The largest absolute Gasteiger partial charge is 0.375 e. The molecule has 0 spiro atoms. The highest BCUT2D eigenvalue weighted by Gasteiger charge is 2.36. The van der Waals surface area contributed by atoms with Crippen molar-refractivity contribution in [3.63, 3.8) is 0 Å². The fourth-order valence-electron chi connectivity index (χ4n) is 2.69. The molecule has 3 nitrogen and oxygen atoms in total. The van der Waals surface area contributed by atoms with E-state index in [1.807, 2.05) is 0 Å². The molecule has 1 aliphatic rings. The molecule has 1 fully saturated rings. The number of ether oxygens (including phenoxy) is 1. The summed E-state index contributed by atoms with van der Waals surface area (Å²) in [6.07, 6.45) is 0.800. The predicted molar refractivity (Wildman–Crippen MR) is 73.3 cm³/mol. The van der Waals surface area contributed by atoms with E-state index in [0.29, 0.717) is 30.1 Å². The van der Waals surface area contributed by atoms with Crippen LogP contribution in [0.4, 0.5) is 0 Å². The zero-order valence-corrected chi connectivity index (χ0v) is 12.4. The van der Waals surface area contributed by atoms with Crippen LogP contribution >= 0.6 is 0 Å². The minimum Gasteiger partial charge on any atom is -0.375 e. The van der Waals surface area contributed by atoms with E-state index in [-0.39, 0.29) is 0 Å². The molecular formula is C14H30N2O. The van der Waals surface area contributed by atoms with E-state index in [4.69, 9.17) is 4.74 Å². The molecule has 0 aliphatic carbocycles. The minimum atomic E-state index is 0.392. The molecule has 1 N–H and O–H groups in total. The summed E-state index contributed by atoms with van der Waals surface area (Å²) in [4.78, 5) is 2.35. The summed E-state index contributed by atoms with van der Waals surface area (Å²) in [5, 5.41) is 3.65. The molecule has 5 atom stereocenters. The first kappa shape index (κ1) is 14.9. The van der Waals surface area contributed by atoms with Crippen LogP contribution in [0.1, 0.15) is 34.6 Å². The van der Waals surface area contributed by atoms with Gasteiger partial charge in [-0.2, -0.15) is 0 Å². The third kappa shape index (κ3) is 4.23.